The summed E-state index contributed by atoms with van der Waals surface area (Å²) < 4.78 is 1.87. The van der Waals surface area contributed by atoms with E-state index in [0.29, 0.717) is 12.5 Å². The molecule has 0 aliphatic carbocycles. The number of hydrogen-bond acceptors (Lipinski definition) is 5. The minimum Gasteiger partial charge on any atom is -0.369 e. The highest BCUT2D eigenvalue weighted by molar-refractivity contribution is 5.80. The van der Waals surface area contributed by atoms with Gasteiger partial charge in [0.2, 0.25) is 5.91 Å². The maximum atomic E-state index is 11.5. The van der Waals surface area contributed by atoms with Crippen LogP contribution in [0.1, 0.15) is 43.2 Å². The zero-order valence-electron chi connectivity index (χ0n) is 19.1. The normalized spacial score (nSPS) is 20.1. The minimum absolute atomic E-state index is 0.0280. The quantitative estimate of drug-likeness (QED) is 0.523. The van der Waals surface area contributed by atoms with Crippen LogP contribution in [0.25, 0.3) is 0 Å². The molecule has 172 valence electrons. The fourth-order valence-electron chi connectivity index (χ4n) is 4.68. The summed E-state index contributed by atoms with van der Waals surface area (Å²) in [5.41, 5.74) is 7.88. The van der Waals surface area contributed by atoms with E-state index in [1.165, 1.54) is 5.56 Å². The van der Waals surface area contributed by atoms with E-state index in [0.717, 1.165) is 69.3 Å². The fourth-order valence-corrected chi connectivity index (χ4v) is 4.68. The van der Waals surface area contributed by atoms with E-state index in [1.54, 1.807) is 0 Å². The average Bonchev–Trinajstić information content (AvgIpc) is 3.46. The highest BCUT2D eigenvalue weighted by Crippen LogP contribution is 2.28. The number of aliphatic imine (C=N–C) groups is 1. The van der Waals surface area contributed by atoms with Gasteiger partial charge in [0.15, 0.2) is 5.96 Å². The molecule has 0 saturated carbocycles. The lowest BCUT2D eigenvalue weighted by Crippen LogP contribution is -2.40. The molecular weight excluding hydrogens is 404 g/mol. The minimum atomic E-state index is -0.194. The smallest absolute Gasteiger partial charge is 0.220 e. The van der Waals surface area contributed by atoms with Crippen LogP contribution in [-0.2, 0) is 18.4 Å². The van der Waals surface area contributed by atoms with E-state index < -0.39 is 0 Å². The van der Waals surface area contributed by atoms with Crippen LogP contribution >= 0.6 is 0 Å². The number of pyridine rings is 1. The zero-order chi connectivity index (χ0) is 22.5. The molecule has 1 unspecified atom stereocenters. The van der Waals surface area contributed by atoms with Gasteiger partial charge in [0.05, 0.1) is 12.7 Å². The molecule has 4 heterocycles. The van der Waals surface area contributed by atoms with Crippen molar-refractivity contribution >= 4 is 17.7 Å². The van der Waals surface area contributed by atoms with E-state index in [1.807, 2.05) is 30.2 Å². The molecule has 32 heavy (non-hydrogen) atoms. The van der Waals surface area contributed by atoms with Gasteiger partial charge in [-0.15, -0.1) is 0 Å². The Morgan fingerprint density at radius 2 is 2.09 bits per heavy atom. The lowest BCUT2D eigenvalue weighted by molar-refractivity contribution is -0.122. The Bertz CT molecular complexity index is 947. The molecule has 2 aliphatic rings. The van der Waals surface area contributed by atoms with Gasteiger partial charge in [-0.1, -0.05) is 6.07 Å². The third kappa shape index (κ3) is 5.03. The summed E-state index contributed by atoms with van der Waals surface area (Å²) in [4.78, 5) is 25.7. The number of likely N-dealkylation sites (tertiary alicyclic amines) is 1. The number of aromatic nitrogens is 3. The average molecular weight is 439 g/mol. The molecule has 0 radical (unpaired) electrons. The molecule has 9 nitrogen and oxygen atoms in total. The first-order valence-corrected chi connectivity index (χ1v) is 11.5. The summed E-state index contributed by atoms with van der Waals surface area (Å²) in [5.74, 6) is 2.17. The van der Waals surface area contributed by atoms with Crippen LogP contribution in [0.4, 0.5) is 5.82 Å². The van der Waals surface area contributed by atoms with Crippen molar-refractivity contribution in [2.45, 2.75) is 38.6 Å². The molecular formula is C23H34N8O. The molecule has 2 saturated heterocycles. The van der Waals surface area contributed by atoms with E-state index in [2.05, 4.69) is 44.4 Å². The molecule has 2 fully saturated rings. The van der Waals surface area contributed by atoms with Gasteiger partial charge in [0.1, 0.15) is 5.82 Å². The van der Waals surface area contributed by atoms with Gasteiger partial charge in [-0.2, -0.15) is 5.10 Å². The molecule has 2 aromatic heterocycles. The molecule has 2 aromatic rings. The van der Waals surface area contributed by atoms with Crippen LogP contribution in [0.5, 0.6) is 0 Å². The third-order valence-electron chi connectivity index (χ3n) is 6.48. The van der Waals surface area contributed by atoms with Crippen LogP contribution in [0.3, 0.4) is 0 Å². The molecule has 4 rings (SSSR count). The van der Waals surface area contributed by atoms with Crippen molar-refractivity contribution in [3.8, 4) is 0 Å². The number of carbonyl (C=O) groups excluding carboxylic acids is 1. The Balaban J connectivity index is 1.44. The van der Waals surface area contributed by atoms with Crippen molar-refractivity contribution in [1.29, 1.82) is 0 Å². The first-order valence-electron chi connectivity index (χ1n) is 11.5. The van der Waals surface area contributed by atoms with Gasteiger partial charge in [-0.05, 0) is 37.8 Å². The molecule has 9 heteroatoms. The largest absolute Gasteiger partial charge is 0.369 e. The molecule has 1 atom stereocenters. The Morgan fingerprint density at radius 1 is 1.28 bits per heavy atom. The summed E-state index contributed by atoms with van der Waals surface area (Å²) in [5, 5.41) is 7.79. The van der Waals surface area contributed by atoms with Crippen LogP contribution in [0.15, 0.2) is 35.7 Å². The second-order valence-corrected chi connectivity index (χ2v) is 8.70. The third-order valence-corrected chi connectivity index (χ3v) is 6.48. The van der Waals surface area contributed by atoms with Crippen LogP contribution in [-0.4, -0.2) is 64.3 Å². The molecule has 1 amide bonds. The monoisotopic (exact) mass is 438 g/mol. The lowest BCUT2D eigenvalue weighted by atomic mass is 9.96. The van der Waals surface area contributed by atoms with E-state index in [-0.39, 0.29) is 11.8 Å². The number of nitrogens with one attached hydrogen (secondary N) is 1. The molecule has 0 spiro atoms. The maximum Gasteiger partial charge on any atom is 0.220 e. The lowest BCUT2D eigenvalue weighted by Gasteiger charge is -2.32. The van der Waals surface area contributed by atoms with Crippen molar-refractivity contribution in [2.24, 2.45) is 23.7 Å². The van der Waals surface area contributed by atoms with E-state index in [4.69, 9.17) is 10.7 Å². The second-order valence-electron chi connectivity index (χ2n) is 8.70. The molecule has 2 aliphatic heterocycles. The van der Waals surface area contributed by atoms with Crippen molar-refractivity contribution in [2.75, 3.05) is 37.6 Å². The summed E-state index contributed by atoms with van der Waals surface area (Å²) in [6, 6.07) is 4.06. The van der Waals surface area contributed by atoms with Gasteiger partial charge in [0.25, 0.3) is 0 Å². The number of aryl methyl sites for hydroxylation is 1. The molecule has 0 bridgehead atoms. The predicted octanol–water partition coefficient (Wildman–Crippen LogP) is 1.47. The van der Waals surface area contributed by atoms with E-state index in [9.17, 15) is 4.79 Å². The van der Waals surface area contributed by atoms with Crippen LogP contribution < -0.4 is 16.0 Å². The summed E-state index contributed by atoms with van der Waals surface area (Å²) in [7, 11) is 1.96. The Hall–Kier alpha value is -3.10. The van der Waals surface area contributed by atoms with Crippen molar-refractivity contribution in [3.63, 3.8) is 0 Å². The van der Waals surface area contributed by atoms with Gasteiger partial charge >= 0.3 is 0 Å². The first-order chi connectivity index (χ1) is 15.5. The SMILES string of the molecule is CCNC(=NCc1cccnc1N1CCC(C(N)=O)CC1)N1CCC(c2cnn(C)c2)C1. The van der Waals surface area contributed by atoms with Gasteiger partial charge in [-0.3, -0.25) is 9.48 Å². The molecule has 3 N–H and O–H groups in total. The van der Waals surface area contributed by atoms with Crippen LogP contribution in [0, 0.1) is 5.92 Å². The Labute approximate surface area is 189 Å². The van der Waals surface area contributed by atoms with Crippen molar-refractivity contribution < 1.29 is 4.79 Å². The number of nitrogens with two attached hydrogens (primary N) is 1. The number of piperidine rings is 1. The van der Waals surface area contributed by atoms with Crippen LogP contribution in [0.2, 0.25) is 0 Å². The maximum absolute atomic E-state index is 11.5. The summed E-state index contributed by atoms with van der Waals surface area (Å²) in [6.45, 7) is 7.00. The number of amides is 1. The fraction of sp³-hybridized carbons (Fsp3) is 0.565. The number of rotatable bonds is 6. The number of nitrogens with zero attached hydrogens (tertiary/aromatic N) is 6. The first kappa shape index (κ1) is 22.1. The number of anilines is 1. The van der Waals surface area contributed by atoms with Crippen molar-refractivity contribution in [3.05, 3.63) is 41.9 Å². The van der Waals surface area contributed by atoms with Gasteiger partial charge < -0.3 is 20.9 Å². The van der Waals surface area contributed by atoms with Gasteiger partial charge in [-0.25, -0.2) is 9.98 Å². The summed E-state index contributed by atoms with van der Waals surface area (Å²) >= 11 is 0. The highest BCUT2D eigenvalue weighted by atomic mass is 16.1. The number of carbonyl (C=O) groups is 1. The van der Waals surface area contributed by atoms with E-state index >= 15 is 0 Å². The highest BCUT2D eigenvalue weighted by Gasteiger charge is 2.28. The zero-order valence-corrected chi connectivity index (χ0v) is 19.1. The number of primary amides is 1. The topological polar surface area (TPSA) is 105 Å². The van der Waals surface area contributed by atoms with Crippen molar-refractivity contribution in [1.82, 2.24) is 25.0 Å². The predicted molar refractivity (Wildman–Crippen MR) is 125 cm³/mol. The second kappa shape index (κ2) is 10.0. The number of hydrogen-bond donors (Lipinski definition) is 2. The number of guanidine groups is 1. The summed E-state index contributed by atoms with van der Waals surface area (Å²) in [6.07, 6.45) is 8.57. The standard InChI is InChI=1S/C23H34N8O/c1-3-25-23(31-12-8-19(16-31)20-14-28-29(2)15-20)27-13-18-5-4-9-26-22(18)30-10-6-17(7-11-30)21(24)32/h4-5,9,14-15,17,19H,3,6-8,10-13,16H2,1-2H3,(H2,24,32)(H,25,27). The Morgan fingerprint density at radius 3 is 2.78 bits per heavy atom. The Kier molecular flexibility index (Phi) is 6.92. The molecule has 0 aromatic carbocycles. The van der Waals surface area contributed by atoms with Gasteiger partial charge in [0, 0.05) is 69.6 Å².